The molecule has 0 radical (unpaired) electrons. The van der Waals surface area contributed by atoms with Crippen LogP contribution in [0.2, 0.25) is 0 Å². The zero-order valence-corrected chi connectivity index (χ0v) is 14.4. The van der Waals surface area contributed by atoms with E-state index in [9.17, 15) is 4.79 Å². The summed E-state index contributed by atoms with van der Waals surface area (Å²) in [4.78, 5) is 18.3. The summed E-state index contributed by atoms with van der Waals surface area (Å²) in [6.45, 7) is 3.33. The fraction of sp³-hybridized carbons (Fsp3) is 0.375. The minimum absolute atomic E-state index is 0.210. The molecule has 0 aliphatic heterocycles. The Bertz CT molecular complexity index is 645. The maximum absolute atomic E-state index is 12.3. The standard InChI is InChI=1S/C16H21N3O3S/c1-12-17-13(11-23-12)10-19(2)16(20)18-14-6-4-5-7-15(14)22-9-8-21-3/h4-7,11H,8-10H2,1-3H3,(H,18,20). The maximum atomic E-state index is 12.3. The van der Waals surface area contributed by atoms with Crippen molar-refractivity contribution in [1.29, 1.82) is 0 Å². The molecule has 0 unspecified atom stereocenters. The molecule has 2 rings (SSSR count). The van der Waals surface area contributed by atoms with Crippen LogP contribution in [0.25, 0.3) is 0 Å². The molecule has 0 saturated heterocycles. The molecule has 124 valence electrons. The highest BCUT2D eigenvalue weighted by Crippen LogP contribution is 2.24. The number of urea groups is 1. The molecule has 23 heavy (non-hydrogen) atoms. The molecule has 1 aromatic heterocycles. The van der Waals surface area contributed by atoms with Crippen LogP contribution >= 0.6 is 11.3 Å². The van der Waals surface area contributed by atoms with Crippen molar-refractivity contribution in [2.24, 2.45) is 0 Å². The third kappa shape index (κ3) is 5.22. The van der Waals surface area contributed by atoms with E-state index in [1.54, 1.807) is 36.5 Å². The molecule has 0 aliphatic rings. The second-order valence-corrected chi connectivity index (χ2v) is 6.04. The summed E-state index contributed by atoms with van der Waals surface area (Å²) < 4.78 is 10.6. The average molecular weight is 335 g/mol. The number of hydrogen-bond donors (Lipinski definition) is 1. The molecule has 0 atom stereocenters. The highest BCUT2D eigenvalue weighted by atomic mass is 32.1. The molecule has 2 amide bonds. The number of hydrogen-bond acceptors (Lipinski definition) is 5. The number of thiazole rings is 1. The van der Waals surface area contributed by atoms with Gasteiger partial charge in [-0.2, -0.15) is 0 Å². The van der Waals surface area contributed by atoms with E-state index in [2.05, 4.69) is 10.3 Å². The summed E-state index contributed by atoms with van der Waals surface area (Å²) >= 11 is 1.57. The van der Waals surface area contributed by atoms with E-state index >= 15 is 0 Å². The van der Waals surface area contributed by atoms with E-state index < -0.39 is 0 Å². The Labute approximate surface area is 140 Å². The Balaban J connectivity index is 1.96. The predicted octanol–water partition coefficient (Wildman–Crippen LogP) is 3.14. The molecule has 1 heterocycles. The van der Waals surface area contributed by atoms with Crippen LogP contribution in [0.5, 0.6) is 5.75 Å². The number of ether oxygens (including phenoxy) is 2. The van der Waals surface area contributed by atoms with Crippen LogP contribution < -0.4 is 10.1 Å². The lowest BCUT2D eigenvalue weighted by Gasteiger charge is -2.18. The SMILES string of the molecule is COCCOc1ccccc1NC(=O)N(C)Cc1csc(C)n1. The Morgan fingerprint density at radius 2 is 2.13 bits per heavy atom. The number of aryl methyl sites for hydroxylation is 1. The monoisotopic (exact) mass is 335 g/mol. The molecule has 0 saturated carbocycles. The van der Waals surface area contributed by atoms with Crippen molar-refractivity contribution in [1.82, 2.24) is 9.88 Å². The first-order chi connectivity index (χ1) is 11.1. The van der Waals surface area contributed by atoms with Gasteiger partial charge in [-0.05, 0) is 19.1 Å². The average Bonchev–Trinajstić information content (AvgIpc) is 2.94. The van der Waals surface area contributed by atoms with Gasteiger partial charge in [0.25, 0.3) is 0 Å². The van der Waals surface area contributed by atoms with E-state index in [-0.39, 0.29) is 6.03 Å². The topological polar surface area (TPSA) is 63.7 Å². The molecule has 7 heteroatoms. The Morgan fingerprint density at radius 1 is 1.35 bits per heavy atom. The molecule has 0 fully saturated rings. The first-order valence-corrected chi connectivity index (χ1v) is 8.12. The highest BCUT2D eigenvalue weighted by Gasteiger charge is 2.13. The summed E-state index contributed by atoms with van der Waals surface area (Å²) in [6.07, 6.45) is 0. The Hall–Kier alpha value is -2.12. The molecule has 0 bridgehead atoms. The Kier molecular flexibility index (Phi) is 6.37. The molecule has 1 N–H and O–H groups in total. The quantitative estimate of drug-likeness (QED) is 0.790. The molecule has 2 aromatic rings. The van der Waals surface area contributed by atoms with Gasteiger partial charge in [-0.25, -0.2) is 9.78 Å². The predicted molar refractivity (Wildman–Crippen MR) is 91.1 cm³/mol. The van der Waals surface area contributed by atoms with Gasteiger partial charge in [-0.1, -0.05) is 12.1 Å². The number of methoxy groups -OCH3 is 1. The number of rotatable bonds is 7. The van der Waals surface area contributed by atoms with Crippen molar-refractivity contribution in [3.8, 4) is 5.75 Å². The van der Waals surface area contributed by atoms with Crippen molar-refractivity contribution in [2.75, 3.05) is 32.7 Å². The Morgan fingerprint density at radius 3 is 2.83 bits per heavy atom. The number of benzene rings is 1. The van der Waals surface area contributed by atoms with E-state index in [1.807, 2.05) is 30.5 Å². The normalized spacial score (nSPS) is 10.4. The molecule has 6 nitrogen and oxygen atoms in total. The minimum atomic E-state index is -0.210. The molecule has 1 aromatic carbocycles. The van der Waals surface area contributed by atoms with Crippen LogP contribution in [0.1, 0.15) is 10.7 Å². The zero-order chi connectivity index (χ0) is 16.7. The fourth-order valence-electron chi connectivity index (χ4n) is 1.94. The highest BCUT2D eigenvalue weighted by molar-refractivity contribution is 7.09. The van der Waals surface area contributed by atoms with E-state index in [0.29, 0.717) is 31.2 Å². The largest absolute Gasteiger partial charge is 0.489 e. The lowest BCUT2D eigenvalue weighted by molar-refractivity contribution is 0.146. The molecule has 0 spiro atoms. The van der Waals surface area contributed by atoms with Gasteiger partial charge >= 0.3 is 6.03 Å². The molecular weight excluding hydrogens is 314 g/mol. The lowest BCUT2D eigenvalue weighted by atomic mass is 10.3. The van der Waals surface area contributed by atoms with E-state index in [0.717, 1.165) is 10.7 Å². The van der Waals surface area contributed by atoms with Gasteiger partial charge in [0.1, 0.15) is 12.4 Å². The van der Waals surface area contributed by atoms with Crippen molar-refractivity contribution in [3.63, 3.8) is 0 Å². The van der Waals surface area contributed by atoms with Crippen LogP contribution in [0.4, 0.5) is 10.5 Å². The molecule has 0 aliphatic carbocycles. The number of anilines is 1. The fourth-order valence-corrected chi connectivity index (χ4v) is 2.54. The van der Waals surface area contributed by atoms with Crippen LogP contribution in [0.15, 0.2) is 29.6 Å². The van der Waals surface area contributed by atoms with Gasteiger partial charge in [-0.3, -0.25) is 0 Å². The smallest absolute Gasteiger partial charge is 0.322 e. The van der Waals surface area contributed by atoms with Gasteiger partial charge in [0, 0.05) is 19.5 Å². The third-order valence-corrected chi connectivity index (χ3v) is 3.91. The van der Waals surface area contributed by atoms with Gasteiger partial charge in [0.2, 0.25) is 0 Å². The number of aromatic nitrogens is 1. The maximum Gasteiger partial charge on any atom is 0.322 e. The van der Waals surface area contributed by atoms with Crippen molar-refractivity contribution < 1.29 is 14.3 Å². The summed E-state index contributed by atoms with van der Waals surface area (Å²) in [5.41, 5.74) is 1.52. The van der Waals surface area contributed by atoms with Gasteiger partial charge < -0.3 is 19.7 Å². The van der Waals surface area contributed by atoms with Crippen LogP contribution in [-0.2, 0) is 11.3 Å². The number of amides is 2. The lowest BCUT2D eigenvalue weighted by Crippen LogP contribution is -2.31. The van der Waals surface area contributed by atoms with E-state index in [1.165, 1.54) is 0 Å². The number of carbonyl (C=O) groups excluding carboxylic acids is 1. The van der Waals surface area contributed by atoms with Gasteiger partial charge in [0.15, 0.2) is 0 Å². The van der Waals surface area contributed by atoms with Crippen molar-refractivity contribution in [3.05, 3.63) is 40.3 Å². The summed E-state index contributed by atoms with van der Waals surface area (Å²) in [5.74, 6) is 0.621. The molecular formula is C16H21N3O3S. The number of para-hydroxylation sites is 2. The number of carbonyl (C=O) groups is 1. The number of nitrogens with one attached hydrogen (secondary N) is 1. The summed E-state index contributed by atoms with van der Waals surface area (Å²) in [6, 6.07) is 7.12. The van der Waals surface area contributed by atoms with Crippen LogP contribution in [0.3, 0.4) is 0 Å². The van der Waals surface area contributed by atoms with Gasteiger partial charge in [-0.15, -0.1) is 11.3 Å². The van der Waals surface area contributed by atoms with Crippen LogP contribution in [-0.4, -0.2) is 43.3 Å². The van der Waals surface area contributed by atoms with Crippen molar-refractivity contribution in [2.45, 2.75) is 13.5 Å². The summed E-state index contributed by atoms with van der Waals surface area (Å²) in [7, 11) is 3.35. The second kappa shape index (κ2) is 8.50. The first kappa shape index (κ1) is 17.2. The second-order valence-electron chi connectivity index (χ2n) is 4.98. The van der Waals surface area contributed by atoms with E-state index in [4.69, 9.17) is 9.47 Å². The minimum Gasteiger partial charge on any atom is -0.489 e. The van der Waals surface area contributed by atoms with Gasteiger partial charge in [0.05, 0.1) is 29.5 Å². The zero-order valence-electron chi connectivity index (χ0n) is 13.5. The first-order valence-electron chi connectivity index (χ1n) is 7.24. The summed E-state index contributed by atoms with van der Waals surface area (Å²) in [5, 5.41) is 5.81. The number of nitrogens with zero attached hydrogens (tertiary/aromatic N) is 2. The van der Waals surface area contributed by atoms with Crippen molar-refractivity contribution >= 4 is 23.1 Å². The van der Waals surface area contributed by atoms with Crippen LogP contribution in [0, 0.1) is 6.92 Å². The third-order valence-electron chi connectivity index (χ3n) is 3.09.